The molecule has 1 fully saturated rings. The molecule has 1 aromatic carbocycles. The minimum Gasteiger partial charge on any atom is -0.296 e. The molecule has 3 rings (SSSR count). The Kier molecular flexibility index (Phi) is 4.24. The summed E-state index contributed by atoms with van der Waals surface area (Å²) < 4.78 is 0. The van der Waals surface area contributed by atoms with Crippen LogP contribution in [0.3, 0.4) is 0 Å². The fourth-order valence-corrected chi connectivity index (χ4v) is 3.47. The van der Waals surface area contributed by atoms with Crippen LogP contribution in [0.5, 0.6) is 0 Å². The number of nitrogens with zero attached hydrogens (tertiary/aromatic N) is 2. The molecule has 112 valence electrons. The first-order chi connectivity index (χ1) is 10.6. The zero-order valence-corrected chi connectivity index (χ0v) is 13.0. The molecule has 0 aliphatic carbocycles. The molecule has 22 heavy (non-hydrogen) atoms. The fourth-order valence-electron chi connectivity index (χ4n) is 2.55. The molecule has 4 nitrogen and oxygen atoms in total. The van der Waals surface area contributed by atoms with Gasteiger partial charge in [0.25, 0.3) is 0 Å². The van der Waals surface area contributed by atoms with Crippen molar-refractivity contribution in [1.82, 2.24) is 4.98 Å². The van der Waals surface area contributed by atoms with Crippen LogP contribution in [0.4, 0.5) is 5.82 Å². The molecule has 1 aliphatic rings. The van der Waals surface area contributed by atoms with E-state index in [1.54, 1.807) is 4.90 Å². The first kappa shape index (κ1) is 14.8. The summed E-state index contributed by atoms with van der Waals surface area (Å²) in [5, 5.41) is 0.0674. The highest BCUT2D eigenvalue weighted by Gasteiger charge is 2.32. The molecule has 2 aromatic rings. The monoisotopic (exact) mass is 312 g/mol. The topological polar surface area (TPSA) is 50.3 Å². The Balaban J connectivity index is 1.84. The highest BCUT2D eigenvalue weighted by molar-refractivity contribution is 8.14. The summed E-state index contributed by atoms with van der Waals surface area (Å²) in [6.45, 7) is 2.07. The average Bonchev–Trinajstić information content (AvgIpc) is 2.88. The number of benzene rings is 1. The first-order valence-electron chi connectivity index (χ1n) is 7.13. The predicted octanol–water partition coefficient (Wildman–Crippen LogP) is 3.13. The van der Waals surface area contributed by atoms with Crippen LogP contribution in [0.15, 0.2) is 48.5 Å². The van der Waals surface area contributed by atoms with Crippen LogP contribution in [0.25, 0.3) is 11.3 Å². The van der Waals surface area contributed by atoms with Crippen molar-refractivity contribution in [3.8, 4) is 11.3 Å². The van der Waals surface area contributed by atoms with E-state index >= 15 is 0 Å². The Morgan fingerprint density at radius 1 is 1.18 bits per heavy atom. The molecule has 1 saturated heterocycles. The van der Waals surface area contributed by atoms with Crippen molar-refractivity contribution in [1.29, 1.82) is 0 Å². The standard InChI is InChI=1S/C17H16N2O2S/c1-12(20)22-14-10-17(21)19(11-14)16-9-5-8-15(18-16)13-6-3-2-4-7-13/h2-9,14H,10-11H2,1H3. The maximum Gasteiger partial charge on any atom is 0.229 e. The third-order valence-electron chi connectivity index (χ3n) is 3.50. The minimum absolute atomic E-state index is 0.0205. The number of carbonyl (C=O) groups excluding carboxylic acids is 2. The summed E-state index contributed by atoms with van der Waals surface area (Å²) in [6.07, 6.45) is 0.390. The van der Waals surface area contributed by atoms with E-state index in [1.807, 2.05) is 48.5 Å². The van der Waals surface area contributed by atoms with E-state index in [0.29, 0.717) is 18.8 Å². The van der Waals surface area contributed by atoms with Gasteiger partial charge in [0, 0.05) is 30.7 Å². The number of rotatable bonds is 3. The maximum absolute atomic E-state index is 12.2. The van der Waals surface area contributed by atoms with Crippen LogP contribution in [0.1, 0.15) is 13.3 Å². The average molecular weight is 312 g/mol. The number of amides is 1. The molecule has 1 aromatic heterocycles. The van der Waals surface area contributed by atoms with Gasteiger partial charge < -0.3 is 0 Å². The van der Waals surface area contributed by atoms with Gasteiger partial charge in [-0.3, -0.25) is 14.5 Å². The van der Waals surface area contributed by atoms with Gasteiger partial charge in [-0.25, -0.2) is 4.98 Å². The molecule has 0 saturated carbocycles. The molecule has 1 aliphatic heterocycles. The van der Waals surface area contributed by atoms with Gasteiger partial charge in [0.05, 0.1) is 5.69 Å². The summed E-state index contributed by atoms with van der Waals surface area (Å²) in [5.74, 6) is 0.675. The Morgan fingerprint density at radius 3 is 2.68 bits per heavy atom. The van der Waals surface area contributed by atoms with Crippen LogP contribution >= 0.6 is 11.8 Å². The SMILES string of the molecule is CC(=O)SC1CC(=O)N(c2cccc(-c3ccccc3)n2)C1. The normalized spacial score (nSPS) is 17.8. The Bertz CT molecular complexity index is 703. The lowest BCUT2D eigenvalue weighted by Gasteiger charge is -2.16. The summed E-state index contributed by atoms with van der Waals surface area (Å²) in [5.41, 5.74) is 1.86. The molecular weight excluding hydrogens is 296 g/mol. The van der Waals surface area contributed by atoms with Crippen LogP contribution < -0.4 is 4.90 Å². The molecule has 1 atom stereocenters. The summed E-state index contributed by atoms with van der Waals surface area (Å²) in [7, 11) is 0. The zero-order valence-electron chi connectivity index (χ0n) is 12.2. The van der Waals surface area contributed by atoms with Gasteiger partial charge in [-0.05, 0) is 12.1 Å². The highest BCUT2D eigenvalue weighted by Crippen LogP contribution is 2.29. The number of carbonyl (C=O) groups is 2. The number of aromatic nitrogens is 1. The zero-order chi connectivity index (χ0) is 15.5. The Morgan fingerprint density at radius 2 is 1.95 bits per heavy atom. The van der Waals surface area contributed by atoms with Crippen molar-refractivity contribution in [2.24, 2.45) is 0 Å². The van der Waals surface area contributed by atoms with Gasteiger partial charge in [0.15, 0.2) is 5.12 Å². The van der Waals surface area contributed by atoms with Crippen LogP contribution in [-0.4, -0.2) is 27.8 Å². The Hall–Kier alpha value is -2.14. The number of thioether (sulfide) groups is 1. The van der Waals surface area contributed by atoms with Crippen LogP contribution in [-0.2, 0) is 9.59 Å². The molecule has 1 unspecified atom stereocenters. The van der Waals surface area contributed by atoms with Crippen molar-refractivity contribution < 1.29 is 9.59 Å². The first-order valence-corrected chi connectivity index (χ1v) is 8.01. The number of pyridine rings is 1. The fraction of sp³-hybridized carbons (Fsp3) is 0.235. The van der Waals surface area contributed by atoms with Gasteiger partial charge in [-0.2, -0.15) is 0 Å². The third-order valence-corrected chi connectivity index (χ3v) is 4.48. The summed E-state index contributed by atoms with van der Waals surface area (Å²) in [4.78, 5) is 29.7. The van der Waals surface area contributed by atoms with E-state index in [2.05, 4.69) is 4.98 Å². The van der Waals surface area contributed by atoms with Crippen molar-refractivity contribution >= 4 is 28.6 Å². The largest absolute Gasteiger partial charge is 0.296 e. The van der Waals surface area contributed by atoms with Gasteiger partial charge in [0.1, 0.15) is 5.82 Å². The molecule has 0 bridgehead atoms. The lowest BCUT2D eigenvalue weighted by Crippen LogP contribution is -2.26. The van der Waals surface area contributed by atoms with E-state index in [1.165, 1.54) is 18.7 Å². The lowest BCUT2D eigenvalue weighted by molar-refractivity contribution is -0.117. The summed E-state index contributed by atoms with van der Waals surface area (Å²) in [6, 6.07) is 15.5. The highest BCUT2D eigenvalue weighted by atomic mass is 32.2. The van der Waals surface area contributed by atoms with E-state index in [-0.39, 0.29) is 16.3 Å². The molecule has 0 spiro atoms. The van der Waals surface area contributed by atoms with Crippen molar-refractivity contribution in [2.75, 3.05) is 11.4 Å². The second kappa shape index (κ2) is 6.32. The quantitative estimate of drug-likeness (QED) is 0.873. The molecule has 0 radical (unpaired) electrons. The number of hydrogen-bond acceptors (Lipinski definition) is 4. The smallest absolute Gasteiger partial charge is 0.229 e. The lowest BCUT2D eigenvalue weighted by atomic mass is 10.1. The predicted molar refractivity (Wildman–Crippen MR) is 88.7 cm³/mol. The van der Waals surface area contributed by atoms with Crippen molar-refractivity contribution in [2.45, 2.75) is 18.6 Å². The van der Waals surface area contributed by atoms with Gasteiger partial charge >= 0.3 is 0 Å². The second-order valence-electron chi connectivity index (χ2n) is 5.19. The second-order valence-corrected chi connectivity index (χ2v) is 6.66. The number of anilines is 1. The van der Waals surface area contributed by atoms with E-state index in [4.69, 9.17) is 0 Å². The number of hydrogen-bond donors (Lipinski definition) is 0. The Labute approximate surface area is 133 Å². The summed E-state index contributed by atoms with van der Waals surface area (Å²) >= 11 is 1.24. The van der Waals surface area contributed by atoms with Crippen LogP contribution in [0.2, 0.25) is 0 Å². The molecular formula is C17H16N2O2S. The molecule has 1 amide bonds. The van der Waals surface area contributed by atoms with Gasteiger partial charge in [0.2, 0.25) is 5.91 Å². The third kappa shape index (κ3) is 3.20. The van der Waals surface area contributed by atoms with E-state index in [0.717, 1.165) is 11.3 Å². The van der Waals surface area contributed by atoms with Crippen LogP contribution in [0, 0.1) is 0 Å². The van der Waals surface area contributed by atoms with Crippen molar-refractivity contribution in [3.63, 3.8) is 0 Å². The molecule has 0 N–H and O–H groups in total. The maximum atomic E-state index is 12.2. The van der Waals surface area contributed by atoms with Crippen molar-refractivity contribution in [3.05, 3.63) is 48.5 Å². The molecule has 2 heterocycles. The van der Waals surface area contributed by atoms with E-state index in [9.17, 15) is 9.59 Å². The molecule has 5 heteroatoms. The van der Waals surface area contributed by atoms with Gasteiger partial charge in [-0.15, -0.1) is 0 Å². The van der Waals surface area contributed by atoms with Gasteiger partial charge in [-0.1, -0.05) is 48.2 Å². The van der Waals surface area contributed by atoms with E-state index < -0.39 is 0 Å². The minimum atomic E-state index is 0.0205.